The van der Waals surface area contributed by atoms with Crippen molar-refractivity contribution < 1.29 is 0 Å². The number of aryl methyl sites for hydroxylation is 2. The van der Waals surface area contributed by atoms with Crippen LogP contribution in [-0.4, -0.2) is 15.2 Å². The van der Waals surface area contributed by atoms with Crippen molar-refractivity contribution in [3.63, 3.8) is 0 Å². The van der Waals surface area contributed by atoms with Crippen molar-refractivity contribution >= 4 is 17.2 Å². The second-order valence-electron chi connectivity index (χ2n) is 3.74. The lowest BCUT2D eigenvalue weighted by atomic mass is 10.2. The van der Waals surface area contributed by atoms with Crippen LogP contribution in [0.15, 0.2) is 5.38 Å². The summed E-state index contributed by atoms with van der Waals surface area (Å²) in [6.07, 6.45) is 0.982. The molecule has 0 aliphatic carbocycles. The van der Waals surface area contributed by atoms with Gasteiger partial charge < -0.3 is 5.32 Å². The molecule has 2 N–H and O–H groups in total. The van der Waals surface area contributed by atoms with Crippen molar-refractivity contribution in [2.75, 3.05) is 5.32 Å². The van der Waals surface area contributed by atoms with Crippen LogP contribution >= 0.6 is 11.3 Å². The van der Waals surface area contributed by atoms with Crippen molar-refractivity contribution in [3.05, 3.63) is 27.3 Å². The summed E-state index contributed by atoms with van der Waals surface area (Å²) in [5, 5.41) is 13.8. The van der Waals surface area contributed by atoms with Gasteiger partial charge in [-0.05, 0) is 20.3 Å². The third kappa shape index (κ3) is 2.24. The zero-order valence-electron chi connectivity index (χ0n) is 9.79. The molecule has 16 heavy (non-hydrogen) atoms. The van der Waals surface area contributed by atoms with Crippen molar-refractivity contribution in [3.8, 4) is 0 Å². The first-order chi connectivity index (χ1) is 7.70. The fourth-order valence-electron chi connectivity index (χ4n) is 1.61. The van der Waals surface area contributed by atoms with Crippen LogP contribution < -0.4 is 5.32 Å². The standard InChI is InChI=1S/C11H16N4S/c1-4-10-7(2)11(15-14-10)12-5-9-6-16-8(3)13-9/h6H,4-5H2,1-3H3,(H2,12,14,15). The van der Waals surface area contributed by atoms with Gasteiger partial charge in [-0.25, -0.2) is 4.98 Å². The molecule has 0 saturated heterocycles. The molecule has 0 bridgehead atoms. The predicted molar refractivity (Wildman–Crippen MR) is 66.9 cm³/mol. The second kappa shape index (κ2) is 4.65. The zero-order chi connectivity index (χ0) is 11.5. The normalized spacial score (nSPS) is 10.7. The average molecular weight is 236 g/mol. The summed E-state index contributed by atoms with van der Waals surface area (Å²) in [5.41, 5.74) is 3.47. The summed E-state index contributed by atoms with van der Waals surface area (Å²) < 4.78 is 0. The highest BCUT2D eigenvalue weighted by Gasteiger charge is 2.07. The van der Waals surface area contributed by atoms with Crippen molar-refractivity contribution in [1.82, 2.24) is 15.2 Å². The highest BCUT2D eigenvalue weighted by atomic mass is 32.1. The number of aromatic nitrogens is 3. The molecular formula is C11H16N4S. The number of H-pyrrole nitrogens is 1. The van der Waals surface area contributed by atoms with Crippen LogP contribution in [-0.2, 0) is 13.0 Å². The molecule has 0 saturated carbocycles. The maximum atomic E-state index is 4.40. The Morgan fingerprint density at radius 3 is 2.81 bits per heavy atom. The number of nitrogens with zero attached hydrogens (tertiary/aromatic N) is 2. The molecule has 0 unspecified atom stereocenters. The Labute approximate surface area is 99.1 Å². The SMILES string of the molecule is CCc1[nH]nc(NCc2csc(C)n2)c1C. The molecule has 0 amide bonds. The highest BCUT2D eigenvalue weighted by Crippen LogP contribution is 2.16. The van der Waals surface area contributed by atoms with E-state index < -0.39 is 0 Å². The van der Waals surface area contributed by atoms with Crippen LogP contribution in [0, 0.1) is 13.8 Å². The smallest absolute Gasteiger partial charge is 0.151 e. The van der Waals surface area contributed by atoms with E-state index in [0.717, 1.165) is 29.5 Å². The van der Waals surface area contributed by atoms with Crippen LogP contribution in [0.25, 0.3) is 0 Å². The number of hydrogen-bond donors (Lipinski definition) is 2. The van der Waals surface area contributed by atoms with Gasteiger partial charge in [-0.15, -0.1) is 11.3 Å². The molecule has 0 fully saturated rings. The Balaban J connectivity index is 2.02. The van der Waals surface area contributed by atoms with Crippen molar-refractivity contribution in [2.24, 2.45) is 0 Å². The van der Waals surface area contributed by atoms with E-state index in [0.29, 0.717) is 0 Å². The second-order valence-corrected chi connectivity index (χ2v) is 4.80. The molecule has 0 aromatic carbocycles. The third-order valence-electron chi connectivity index (χ3n) is 2.57. The molecule has 2 aromatic rings. The van der Waals surface area contributed by atoms with Gasteiger partial charge in [-0.2, -0.15) is 5.10 Å². The number of nitrogens with one attached hydrogen (secondary N) is 2. The Morgan fingerprint density at radius 2 is 2.25 bits per heavy atom. The van der Waals surface area contributed by atoms with E-state index in [1.165, 1.54) is 11.3 Å². The molecule has 0 aliphatic rings. The zero-order valence-corrected chi connectivity index (χ0v) is 10.6. The van der Waals surface area contributed by atoms with E-state index in [2.05, 4.69) is 39.7 Å². The minimum atomic E-state index is 0.735. The molecule has 2 rings (SSSR count). The van der Waals surface area contributed by atoms with Gasteiger partial charge in [0.1, 0.15) is 0 Å². The van der Waals surface area contributed by atoms with Crippen LogP contribution in [0.5, 0.6) is 0 Å². The molecule has 0 spiro atoms. The minimum Gasteiger partial charge on any atom is -0.363 e. The summed E-state index contributed by atoms with van der Waals surface area (Å²) in [7, 11) is 0. The molecular weight excluding hydrogens is 220 g/mol. The minimum absolute atomic E-state index is 0.735. The predicted octanol–water partition coefficient (Wildman–Crippen LogP) is 2.66. The van der Waals surface area contributed by atoms with E-state index >= 15 is 0 Å². The van der Waals surface area contributed by atoms with Gasteiger partial charge in [0, 0.05) is 16.6 Å². The van der Waals surface area contributed by atoms with E-state index in [1.807, 2.05) is 6.92 Å². The summed E-state index contributed by atoms with van der Waals surface area (Å²) in [4.78, 5) is 4.40. The maximum Gasteiger partial charge on any atom is 0.151 e. The Hall–Kier alpha value is -1.36. The number of anilines is 1. The highest BCUT2D eigenvalue weighted by molar-refractivity contribution is 7.09. The lowest BCUT2D eigenvalue weighted by Crippen LogP contribution is -2.01. The molecule has 4 nitrogen and oxygen atoms in total. The summed E-state index contributed by atoms with van der Waals surface area (Å²) in [5.74, 6) is 0.933. The summed E-state index contributed by atoms with van der Waals surface area (Å²) in [6.45, 7) is 6.95. The maximum absolute atomic E-state index is 4.40. The van der Waals surface area contributed by atoms with Gasteiger partial charge in [0.05, 0.1) is 17.2 Å². The summed E-state index contributed by atoms with van der Waals surface area (Å²) in [6, 6.07) is 0. The topological polar surface area (TPSA) is 53.6 Å². The van der Waals surface area contributed by atoms with Gasteiger partial charge in [0.2, 0.25) is 0 Å². The number of hydrogen-bond acceptors (Lipinski definition) is 4. The molecule has 0 radical (unpaired) electrons. The van der Waals surface area contributed by atoms with E-state index in [1.54, 1.807) is 11.3 Å². The van der Waals surface area contributed by atoms with E-state index in [4.69, 9.17) is 0 Å². The molecule has 0 aliphatic heterocycles. The molecule has 2 aromatic heterocycles. The van der Waals surface area contributed by atoms with E-state index in [-0.39, 0.29) is 0 Å². The average Bonchev–Trinajstić information content (AvgIpc) is 2.83. The lowest BCUT2D eigenvalue weighted by molar-refractivity contribution is 0.962. The Bertz CT molecular complexity index is 472. The third-order valence-corrected chi connectivity index (χ3v) is 3.39. The first kappa shape index (κ1) is 11.1. The van der Waals surface area contributed by atoms with Gasteiger partial charge in [-0.1, -0.05) is 6.92 Å². The Kier molecular flexibility index (Phi) is 3.24. The number of aromatic amines is 1. The first-order valence-corrected chi connectivity index (χ1v) is 6.27. The fraction of sp³-hybridized carbons (Fsp3) is 0.455. The first-order valence-electron chi connectivity index (χ1n) is 5.39. The van der Waals surface area contributed by atoms with E-state index in [9.17, 15) is 0 Å². The summed E-state index contributed by atoms with van der Waals surface area (Å²) >= 11 is 1.67. The monoisotopic (exact) mass is 236 g/mol. The Morgan fingerprint density at radius 1 is 1.44 bits per heavy atom. The molecule has 0 atom stereocenters. The number of thiazole rings is 1. The lowest BCUT2D eigenvalue weighted by Gasteiger charge is -2.01. The van der Waals surface area contributed by atoms with Crippen LogP contribution in [0.2, 0.25) is 0 Å². The van der Waals surface area contributed by atoms with Gasteiger partial charge >= 0.3 is 0 Å². The fourth-order valence-corrected chi connectivity index (χ4v) is 2.23. The van der Waals surface area contributed by atoms with Crippen LogP contribution in [0.4, 0.5) is 5.82 Å². The van der Waals surface area contributed by atoms with Gasteiger partial charge in [0.15, 0.2) is 5.82 Å². The molecule has 5 heteroatoms. The molecule has 86 valence electrons. The van der Waals surface area contributed by atoms with Crippen LogP contribution in [0.3, 0.4) is 0 Å². The quantitative estimate of drug-likeness (QED) is 0.858. The van der Waals surface area contributed by atoms with Gasteiger partial charge in [0.25, 0.3) is 0 Å². The van der Waals surface area contributed by atoms with Crippen molar-refractivity contribution in [2.45, 2.75) is 33.7 Å². The van der Waals surface area contributed by atoms with Gasteiger partial charge in [-0.3, -0.25) is 5.10 Å². The number of rotatable bonds is 4. The van der Waals surface area contributed by atoms with Crippen molar-refractivity contribution in [1.29, 1.82) is 0 Å². The van der Waals surface area contributed by atoms with Crippen LogP contribution in [0.1, 0.15) is 28.9 Å². The molecule has 2 heterocycles. The largest absolute Gasteiger partial charge is 0.363 e.